The highest BCUT2D eigenvalue weighted by Crippen LogP contribution is 1.75. The van der Waals surface area contributed by atoms with Gasteiger partial charge in [-0.1, -0.05) is 5.92 Å². The SMILES string of the molecule is C#CCC(=O)NOCC(=O)O. The zero-order valence-electron chi connectivity index (χ0n) is 5.66. The van der Waals surface area contributed by atoms with Gasteiger partial charge in [-0.25, -0.2) is 10.3 Å². The predicted octanol–water partition coefficient (Wildman–Crippen LogP) is -0.858. The van der Waals surface area contributed by atoms with Crippen molar-refractivity contribution in [1.29, 1.82) is 0 Å². The van der Waals surface area contributed by atoms with Gasteiger partial charge in [-0.15, -0.1) is 6.42 Å². The average Bonchev–Trinajstić information content (AvgIpc) is 1.87. The number of terminal acetylenes is 1. The third-order valence-corrected chi connectivity index (χ3v) is 0.644. The predicted molar refractivity (Wildman–Crippen MR) is 35.2 cm³/mol. The van der Waals surface area contributed by atoms with Gasteiger partial charge in [0, 0.05) is 0 Å². The number of amides is 1. The van der Waals surface area contributed by atoms with Crippen LogP contribution in [0.25, 0.3) is 0 Å². The minimum atomic E-state index is -1.16. The quantitative estimate of drug-likeness (QED) is 0.411. The van der Waals surface area contributed by atoms with Crippen LogP contribution in [0.5, 0.6) is 0 Å². The van der Waals surface area contributed by atoms with Crippen LogP contribution in [0.4, 0.5) is 0 Å². The first-order chi connectivity index (χ1) is 5.16. The lowest BCUT2D eigenvalue weighted by Crippen LogP contribution is -2.25. The first-order valence-electron chi connectivity index (χ1n) is 2.72. The van der Waals surface area contributed by atoms with E-state index in [1.165, 1.54) is 0 Å². The molecule has 0 aromatic heterocycles. The number of nitrogens with one attached hydrogen (secondary N) is 1. The fourth-order valence-corrected chi connectivity index (χ4v) is 0.307. The Morgan fingerprint density at radius 1 is 1.64 bits per heavy atom. The molecule has 0 atom stereocenters. The lowest BCUT2D eigenvalue weighted by molar-refractivity contribution is -0.148. The fourth-order valence-electron chi connectivity index (χ4n) is 0.307. The van der Waals surface area contributed by atoms with Gasteiger partial charge < -0.3 is 5.11 Å². The summed E-state index contributed by atoms with van der Waals surface area (Å²) in [7, 11) is 0. The van der Waals surface area contributed by atoms with Crippen molar-refractivity contribution in [2.45, 2.75) is 6.42 Å². The number of aliphatic carboxylic acids is 1. The second-order valence-electron chi connectivity index (χ2n) is 1.59. The second-order valence-corrected chi connectivity index (χ2v) is 1.59. The van der Waals surface area contributed by atoms with Gasteiger partial charge in [0.25, 0.3) is 5.91 Å². The van der Waals surface area contributed by atoms with Crippen molar-refractivity contribution in [3.05, 3.63) is 0 Å². The van der Waals surface area contributed by atoms with Gasteiger partial charge in [0.2, 0.25) is 0 Å². The molecule has 0 heterocycles. The first kappa shape index (κ1) is 9.46. The smallest absolute Gasteiger partial charge is 0.332 e. The van der Waals surface area contributed by atoms with E-state index < -0.39 is 18.5 Å². The summed E-state index contributed by atoms with van der Waals surface area (Å²) in [6.07, 6.45) is 4.65. The van der Waals surface area contributed by atoms with Gasteiger partial charge in [0.1, 0.15) is 0 Å². The number of carbonyl (C=O) groups excluding carboxylic acids is 1. The van der Waals surface area contributed by atoms with E-state index in [0.717, 1.165) is 0 Å². The van der Waals surface area contributed by atoms with Crippen LogP contribution in [-0.4, -0.2) is 23.6 Å². The fraction of sp³-hybridized carbons (Fsp3) is 0.333. The molecule has 0 aliphatic rings. The van der Waals surface area contributed by atoms with Crippen LogP contribution in [0.1, 0.15) is 6.42 Å². The van der Waals surface area contributed by atoms with E-state index in [4.69, 9.17) is 11.5 Å². The van der Waals surface area contributed by atoms with Crippen LogP contribution < -0.4 is 5.48 Å². The third kappa shape index (κ3) is 6.34. The van der Waals surface area contributed by atoms with Crippen molar-refractivity contribution in [1.82, 2.24) is 5.48 Å². The molecule has 0 saturated carbocycles. The molecule has 0 aliphatic carbocycles. The summed E-state index contributed by atoms with van der Waals surface area (Å²) < 4.78 is 0. The number of hydroxylamine groups is 1. The molecule has 0 rings (SSSR count). The van der Waals surface area contributed by atoms with Crippen LogP contribution in [0.15, 0.2) is 0 Å². The van der Waals surface area contributed by atoms with Crippen LogP contribution in [-0.2, 0) is 14.4 Å². The highest BCUT2D eigenvalue weighted by molar-refractivity contribution is 5.77. The lowest BCUT2D eigenvalue weighted by Gasteiger charge is -1.99. The Labute approximate surface area is 63.3 Å². The molecule has 0 saturated heterocycles. The van der Waals surface area contributed by atoms with Gasteiger partial charge in [-0.3, -0.25) is 9.63 Å². The van der Waals surface area contributed by atoms with E-state index in [1.54, 1.807) is 0 Å². The molecule has 0 aliphatic heterocycles. The zero-order chi connectivity index (χ0) is 8.69. The summed E-state index contributed by atoms with van der Waals surface area (Å²) in [5.74, 6) is 0.371. The second kappa shape index (κ2) is 5.26. The molecular formula is C6H7NO4. The van der Waals surface area contributed by atoms with E-state index in [-0.39, 0.29) is 6.42 Å². The summed E-state index contributed by atoms with van der Waals surface area (Å²) in [5, 5.41) is 8.04. The monoisotopic (exact) mass is 157 g/mol. The summed E-state index contributed by atoms with van der Waals surface area (Å²) in [6.45, 7) is -0.573. The molecule has 2 N–H and O–H groups in total. The summed E-state index contributed by atoms with van der Waals surface area (Å²) in [4.78, 5) is 24.5. The standard InChI is InChI=1S/C6H7NO4/c1-2-3-5(8)7-11-4-6(9)10/h1H,3-4H2,(H,7,8)(H,9,10). The normalized spacial score (nSPS) is 8.27. The number of carboxylic acids is 1. The Morgan fingerprint density at radius 3 is 2.73 bits per heavy atom. The molecule has 1 amide bonds. The molecule has 5 heteroatoms. The van der Waals surface area contributed by atoms with Crippen LogP contribution in [0.3, 0.4) is 0 Å². The molecule has 0 aromatic rings. The van der Waals surface area contributed by atoms with E-state index in [0.29, 0.717) is 0 Å². The molecule has 11 heavy (non-hydrogen) atoms. The van der Waals surface area contributed by atoms with Crippen LogP contribution in [0.2, 0.25) is 0 Å². The number of hydrogen-bond acceptors (Lipinski definition) is 3. The van der Waals surface area contributed by atoms with E-state index in [1.807, 2.05) is 5.48 Å². The first-order valence-corrected chi connectivity index (χ1v) is 2.72. The van der Waals surface area contributed by atoms with Gasteiger partial charge in [0.05, 0.1) is 6.42 Å². The highest BCUT2D eigenvalue weighted by atomic mass is 16.7. The lowest BCUT2D eigenvalue weighted by atomic mass is 10.4. The Hall–Kier alpha value is -1.54. The molecular weight excluding hydrogens is 150 g/mol. The molecule has 0 aromatic carbocycles. The Balaban J connectivity index is 3.33. The summed E-state index contributed by atoms with van der Waals surface area (Å²) >= 11 is 0. The maximum Gasteiger partial charge on any atom is 0.332 e. The van der Waals surface area contributed by atoms with Crippen LogP contribution in [0, 0.1) is 12.3 Å². The Morgan fingerprint density at radius 2 is 2.27 bits per heavy atom. The average molecular weight is 157 g/mol. The third-order valence-electron chi connectivity index (χ3n) is 0.644. The molecule has 5 nitrogen and oxygen atoms in total. The van der Waals surface area contributed by atoms with Crippen LogP contribution >= 0.6 is 0 Å². The van der Waals surface area contributed by atoms with Gasteiger partial charge >= 0.3 is 5.97 Å². The summed E-state index contributed by atoms with van der Waals surface area (Å²) in [6, 6.07) is 0. The van der Waals surface area contributed by atoms with Crippen molar-refractivity contribution in [3.63, 3.8) is 0 Å². The number of carboxylic acid groups (broad SMARTS) is 1. The molecule has 0 spiro atoms. The van der Waals surface area contributed by atoms with E-state index in [9.17, 15) is 9.59 Å². The van der Waals surface area contributed by atoms with Crippen molar-refractivity contribution < 1.29 is 19.5 Å². The maximum atomic E-state index is 10.5. The Kier molecular flexibility index (Phi) is 4.52. The molecule has 0 bridgehead atoms. The van der Waals surface area contributed by atoms with Gasteiger partial charge in [0.15, 0.2) is 6.61 Å². The van der Waals surface area contributed by atoms with Crippen molar-refractivity contribution in [2.24, 2.45) is 0 Å². The summed E-state index contributed by atoms with van der Waals surface area (Å²) in [5.41, 5.74) is 1.85. The topological polar surface area (TPSA) is 75.6 Å². The van der Waals surface area contributed by atoms with Gasteiger partial charge in [-0.05, 0) is 0 Å². The van der Waals surface area contributed by atoms with Crippen molar-refractivity contribution in [3.8, 4) is 12.3 Å². The molecule has 0 radical (unpaired) electrons. The number of carbonyl (C=O) groups is 2. The largest absolute Gasteiger partial charge is 0.479 e. The number of hydrogen-bond donors (Lipinski definition) is 2. The molecule has 0 unspecified atom stereocenters. The van der Waals surface area contributed by atoms with E-state index >= 15 is 0 Å². The van der Waals surface area contributed by atoms with E-state index in [2.05, 4.69) is 10.8 Å². The zero-order valence-corrected chi connectivity index (χ0v) is 5.66. The maximum absolute atomic E-state index is 10.5. The molecule has 0 fully saturated rings. The van der Waals surface area contributed by atoms with Gasteiger partial charge in [-0.2, -0.15) is 0 Å². The minimum absolute atomic E-state index is 0.125. The van der Waals surface area contributed by atoms with Crippen molar-refractivity contribution >= 4 is 11.9 Å². The minimum Gasteiger partial charge on any atom is -0.479 e. The Bertz CT molecular complexity index is 193. The molecule has 60 valence electrons. The highest BCUT2D eigenvalue weighted by Gasteiger charge is 1.99. The van der Waals surface area contributed by atoms with Crippen molar-refractivity contribution in [2.75, 3.05) is 6.61 Å². The number of rotatable bonds is 4.